The van der Waals surface area contributed by atoms with E-state index in [9.17, 15) is 17.6 Å². The Balaban J connectivity index is 1.98. The van der Waals surface area contributed by atoms with Crippen LogP contribution in [0.2, 0.25) is 0 Å². The molecule has 6 heteroatoms. The lowest BCUT2D eigenvalue weighted by molar-refractivity contribution is -0.122. The topological polar surface area (TPSA) is 63.2 Å². The van der Waals surface area contributed by atoms with Gasteiger partial charge in [-0.05, 0) is 24.1 Å². The Hall–Kier alpha value is -2.21. The Bertz CT molecular complexity index is 791. The van der Waals surface area contributed by atoms with Crippen LogP contribution in [0.5, 0.6) is 0 Å². The van der Waals surface area contributed by atoms with Gasteiger partial charge in [-0.3, -0.25) is 4.79 Å². The van der Waals surface area contributed by atoms with Gasteiger partial charge in [-0.1, -0.05) is 49.4 Å². The maximum atomic E-state index is 13.6. The van der Waals surface area contributed by atoms with E-state index in [1.54, 1.807) is 0 Å². The number of carbonyl (C=O) groups excluding carboxylic acids is 1. The van der Waals surface area contributed by atoms with Gasteiger partial charge in [0.1, 0.15) is 10.7 Å². The molecule has 0 spiro atoms. The summed E-state index contributed by atoms with van der Waals surface area (Å²) >= 11 is 0. The highest BCUT2D eigenvalue weighted by Gasteiger charge is 2.21. The summed E-state index contributed by atoms with van der Waals surface area (Å²) in [7, 11) is -3.77. The molecular weight excluding hydrogens is 329 g/mol. The summed E-state index contributed by atoms with van der Waals surface area (Å²) in [4.78, 5) is 11.9. The zero-order chi connectivity index (χ0) is 17.6. The quantitative estimate of drug-likeness (QED) is 0.836. The van der Waals surface area contributed by atoms with Gasteiger partial charge in [0, 0.05) is 6.54 Å². The van der Waals surface area contributed by atoms with E-state index < -0.39 is 15.7 Å². The molecule has 1 atom stereocenters. The Kier molecular flexibility index (Phi) is 6.09. The van der Waals surface area contributed by atoms with E-state index in [1.165, 1.54) is 18.2 Å². The van der Waals surface area contributed by atoms with Crippen molar-refractivity contribution in [3.8, 4) is 0 Å². The molecule has 1 amide bonds. The van der Waals surface area contributed by atoms with Gasteiger partial charge in [0.05, 0.1) is 11.7 Å². The molecule has 0 heterocycles. The van der Waals surface area contributed by atoms with Crippen LogP contribution in [0.3, 0.4) is 0 Å². The van der Waals surface area contributed by atoms with Crippen LogP contribution >= 0.6 is 0 Å². The standard InChI is InChI=1S/C18H20FNO3S/c1-2-15(14-8-4-3-5-9-14)18(21)20-12-13-24(22,23)17-11-7-6-10-16(17)19/h3-11,15H,2,12-13H2,1H3,(H,20,21). The van der Waals surface area contributed by atoms with Crippen molar-refractivity contribution in [1.82, 2.24) is 5.32 Å². The SMILES string of the molecule is CCC(C(=O)NCCS(=O)(=O)c1ccccc1F)c1ccccc1. The molecule has 0 aliphatic heterocycles. The van der Waals surface area contributed by atoms with Crippen LogP contribution in [0.15, 0.2) is 59.5 Å². The highest BCUT2D eigenvalue weighted by Crippen LogP contribution is 2.19. The van der Waals surface area contributed by atoms with Gasteiger partial charge in [-0.2, -0.15) is 0 Å². The molecule has 0 aliphatic rings. The van der Waals surface area contributed by atoms with Crippen LogP contribution in [0.1, 0.15) is 24.8 Å². The summed E-state index contributed by atoms with van der Waals surface area (Å²) in [6, 6.07) is 14.5. The maximum absolute atomic E-state index is 13.6. The molecule has 0 aliphatic carbocycles. The van der Waals surface area contributed by atoms with Crippen molar-refractivity contribution in [1.29, 1.82) is 0 Å². The van der Waals surface area contributed by atoms with E-state index in [2.05, 4.69) is 5.32 Å². The van der Waals surface area contributed by atoms with E-state index in [1.807, 2.05) is 37.3 Å². The third-order valence-corrected chi connectivity index (χ3v) is 5.51. The lowest BCUT2D eigenvalue weighted by Crippen LogP contribution is -2.33. The molecule has 4 nitrogen and oxygen atoms in total. The first-order valence-corrected chi connectivity index (χ1v) is 9.41. The predicted molar refractivity (Wildman–Crippen MR) is 90.9 cm³/mol. The molecule has 128 valence electrons. The Morgan fingerprint density at radius 2 is 1.71 bits per heavy atom. The normalized spacial score (nSPS) is 12.6. The van der Waals surface area contributed by atoms with Crippen LogP contribution in [-0.2, 0) is 14.6 Å². The zero-order valence-electron chi connectivity index (χ0n) is 13.4. The Morgan fingerprint density at radius 3 is 2.33 bits per heavy atom. The molecule has 0 aromatic heterocycles. The van der Waals surface area contributed by atoms with Crippen molar-refractivity contribution in [2.75, 3.05) is 12.3 Å². The van der Waals surface area contributed by atoms with Gasteiger partial charge in [0.25, 0.3) is 0 Å². The number of benzene rings is 2. The predicted octanol–water partition coefficient (Wildman–Crippen LogP) is 2.91. The molecule has 2 aromatic rings. The van der Waals surface area contributed by atoms with E-state index in [0.717, 1.165) is 11.6 Å². The number of sulfone groups is 1. The molecule has 0 radical (unpaired) electrons. The second kappa shape index (κ2) is 8.06. The van der Waals surface area contributed by atoms with E-state index in [4.69, 9.17) is 0 Å². The third-order valence-electron chi connectivity index (χ3n) is 3.77. The minimum atomic E-state index is -3.77. The first-order chi connectivity index (χ1) is 11.5. The largest absolute Gasteiger partial charge is 0.355 e. The molecule has 2 rings (SSSR count). The number of amides is 1. The van der Waals surface area contributed by atoms with Crippen LogP contribution in [0.25, 0.3) is 0 Å². The van der Waals surface area contributed by atoms with Crippen molar-refractivity contribution >= 4 is 15.7 Å². The summed E-state index contributed by atoms with van der Waals surface area (Å²) in [6.07, 6.45) is 0.607. The van der Waals surface area contributed by atoms with Crippen LogP contribution < -0.4 is 5.32 Å². The smallest absolute Gasteiger partial charge is 0.227 e. The van der Waals surface area contributed by atoms with Gasteiger partial charge in [0.2, 0.25) is 5.91 Å². The summed E-state index contributed by atoms with van der Waals surface area (Å²) in [6.45, 7) is 1.84. The number of hydrogen-bond donors (Lipinski definition) is 1. The molecular formula is C18H20FNO3S. The van der Waals surface area contributed by atoms with Gasteiger partial charge < -0.3 is 5.32 Å². The average molecular weight is 349 g/mol. The first kappa shape index (κ1) is 18.1. The number of carbonyl (C=O) groups is 1. The molecule has 0 fully saturated rings. The molecule has 0 saturated carbocycles. The minimum absolute atomic E-state index is 0.0567. The average Bonchev–Trinajstić information content (AvgIpc) is 2.56. The monoisotopic (exact) mass is 349 g/mol. The molecule has 0 saturated heterocycles. The molecule has 1 unspecified atom stereocenters. The van der Waals surface area contributed by atoms with Gasteiger partial charge >= 0.3 is 0 Å². The van der Waals surface area contributed by atoms with Crippen molar-refractivity contribution < 1.29 is 17.6 Å². The van der Waals surface area contributed by atoms with Gasteiger partial charge in [-0.25, -0.2) is 12.8 Å². The Morgan fingerprint density at radius 1 is 1.08 bits per heavy atom. The molecule has 0 bridgehead atoms. The molecule has 1 N–H and O–H groups in total. The van der Waals surface area contributed by atoms with Gasteiger partial charge in [-0.15, -0.1) is 0 Å². The van der Waals surface area contributed by atoms with E-state index in [0.29, 0.717) is 6.42 Å². The van der Waals surface area contributed by atoms with Gasteiger partial charge in [0.15, 0.2) is 9.84 Å². The summed E-state index contributed by atoms with van der Waals surface area (Å²) in [5.41, 5.74) is 0.884. The zero-order valence-corrected chi connectivity index (χ0v) is 14.2. The fraction of sp³-hybridized carbons (Fsp3) is 0.278. The fourth-order valence-electron chi connectivity index (χ4n) is 2.50. The van der Waals surface area contributed by atoms with E-state index in [-0.39, 0.29) is 29.0 Å². The second-order valence-corrected chi connectivity index (χ2v) is 7.49. The van der Waals surface area contributed by atoms with Crippen LogP contribution in [-0.4, -0.2) is 26.6 Å². The highest BCUT2D eigenvalue weighted by molar-refractivity contribution is 7.91. The minimum Gasteiger partial charge on any atom is -0.355 e. The highest BCUT2D eigenvalue weighted by atomic mass is 32.2. The first-order valence-electron chi connectivity index (χ1n) is 7.75. The van der Waals surface area contributed by atoms with Crippen molar-refractivity contribution in [3.05, 3.63) is 66.0 Å². The fourth-order valence-corrected chi connectivity index (χ4v) is 3.74. The van der Waals surface area contributed by atoms with E-state index >= 15 is 0 Å². The number of hydrogen-bond acceptors (Lipinski definition) is 3. The summed E-state index contributed by atoms with van der Waals surface area (Å²) in [5.74, 6) is -1.68. The maximum Gasteiger partial charge on any atom is 0.227 e. The second-order valence-electron chi connectivity index (χ2n) is 5.41. The summed E-state index contributed by atoms with van der Waals surface area (Å²) in [5, 5.41) is 2.64. The van der Waals surface area contributed by atoms with Crippen LogP contribution in [0, 0.1) is 5.82 Å². The molecule has 2 aromatic carbocycles. The van der Waals surface area contributed by atoms with Crippen molar-refractivity contribution in [3.63, 3.8) is 0 Å². The number of rotatable bonds is 7. The Labute approximate surface area is 141 Å². The summed E-state index contributed by atoms with van der Waals surface area (Å²) < 4.78 is 37.9. The van der Waals surface area contributed by atoms with Crippen LogP contribution in [0.4, 0.5) is 4.39 Å². The van der Waals surface area contributed by atoms with Crippen molar-refractivity contribution in [2.24, 2.45) is 0 Å². The molecule has 24 heavy (non-hydrogen) atoms. The number of nitrogens with one attached hydrogen (secondary N) is 1. The number of halogens is 1. The third kappa shape index (κ3) is 4.41. The lowest BCUT2D eigenvalue weighted by atomic mass is 9.96. The van der Waals surface area contributed by atoms with Crippen molar-refractivity contribution in [2.45, 2.75) is 24.2 Å². The lowest BCUT2D eigenvalue weighted by Gasteiger charge is -2.15.